The van der Waals surface area contributed by atoms with Gasteiger partial charge in [-0.1, -0.05) is 13.0 Å². The van der Waals surface area contributed by atoms with Crippen molar-refractivity contribution in [3.8, 4) is 0 Å². The van der Waals surface area contributed by atoms with E-state index in [-0.39, 0.29) is 6.04 Å². The van der Waals surface area contributed by atoms with Crippen molar-refractivity contribution in [2.45, 2.75) is 32.9 Å². The van der Waals surface area contributed by atoms with Crippen molar-refractivity contribution in [2.75, 3.05) is 0 Å². The third-order valence-corrected chi connectivity index (χ3v) is 3.37. The van der Waals surface area contributed by atoms with Crippen molar-refractivity contribution in [1.29, 1.82) is 0 Å². The Morgan fingerprint density at radius 2 is 2.05 bits per heavy atom. The van der Waals surface area contributed by atoms with E-state index in [1.54, 1.807) is 10.7 Å². The molecule has 0 radical (unpaired) electrons. The molecule has 1 heterocycles. The summed E-state index contributed by atoms with van der Waals surface area (Å²) in [6, 6.07) is 3.93. The lowest BCUT2D eigenvalue weighted by molar-refractivity contribution is 0.500. The number of aryl methyl sites for hydroxylation is 2. The lowest BCUT2D eigenvalue weighted by Crippen LogP contribution is -2.18. The van der Waals surface area contributed by atoms with Crippen LogP contribution < -0.4 is 5.32 Å². The maximum atomic E-state index is 13.2. The molecule has 0 bridgehead atoms. The molecule has 1 unspecified atom stereocenters. The lowest BCUT2D eigenvalue weighted by Gasteiger charge is -2.14. The first-order valence-electron chi connectivity index (χ1n) is 6.71. The maximum Gasteiger partial charge on any atom is 0.159 e. The molecule has 0 saturated heterocycles. The van der Waals surface area contributed by atoms with E-state index >= 15 is 0 Å². The van der Waals surface area contributed by atoms with Crippen molar-refractivity contribution in [1.82, 2.24) is 15.1 Å². The average Bonchev–Trinajstić information content (AvgIpc) is 2.79. The number of aromatic nitrogens is 2. The van der Waals surface area contributed by atoms with Gasteiger partial charge in [-0.3, -0.25) is 4.68 Å². The summed E-state index contributed by atoms with van der Waals surface area (Å²) in [5, 5.41) is 7.68. The highest BCUT2D eigenvalue weighted by atomic mass is 19.2. The molecule has 0 saturated carbocycles. The Labute approximate surface area is 117 Å². The smallest absolute Gasteiger partial charge is 0.159 e. The van der Waals surface area contributed by atoms with Crippen LogP contribution in [0.4, 0.5) is 8.78 Å². The molecule has 108 valence electrons. The molecule has 0 aliphatic carbocycles. The zero-order valence-electron chi connectivity index (χ0n) is 12.0. The number of hydrogen-bond donors (Lipinski definition) is 1. The number of halogens is 2. The van der Waals surface area contributed by atoms with Gasteiger partial charge < -0.3 is 5.32 Å². The molecule has 0 spiro atoms. The predicted molar refractivity (Wildman–Crippen MR) is 74.2 cm³/mol. The monoisotopic (exact) mass is 279 g/mol. The highest BCUT2D eigenvalue weighted by Crippen LogP contribution is 2.17. The number of nitrogens with one attached hydrogen (secondary N) is 1. The third kappa shape index (κ3) is 3.22. The Kier molecular flexibility index (Phi) is 4.49. The van der Waals surface area contributed by atoms with E-state index in [2.05, 4.69) is 17.3 Å². The first kappa shape index (κ1) is 14.7. The van der Waals surface area contributed by atoms with E-state index < -0.39 is 11.6 Å². The summed E-state index contributed by atoms with van der Waals surface area (Å²) in [5.74, 6) is -1.63. The molecule has 0 aliphatic rings. The van der Waals surface area contributed by atoms with Crippen LogP contribution in [0.1, 0.15) is 36.7 Å². The first-order chi connectivity index (χ1) is 9.51. The quantitative estimate of drug-likeness (QED) is 0.911. The van der Waals surface area contributed by atoms with Gasteiger partial charge in [-0.05, 0) is 31.0 Å². The minimum atomic E-state index is -0.818. The number of nitrogens with zero attached hydrogens (tertiary/aromatic N) is 2. The summed E-state index contributed by atoms with van der Waals surface area (Å²) in [7, 11) is 1.89. The number of hydrogen-bond acceptors (Lipinski definition) is 2. The highest BCUT2D eigenvalue weighted by molar-refractivity contribution is 5.22. The van der Waals surface area contributed by atoms with Crippen LogP contribution in [0.3, 0.4) is 0 Å². The molecule has 1 aromatic heterocycles. The molecule has 1 aromatic carbocycles. The van der Waals surface area contributed by atoms with Crippen LogP contribution in [-0.4, -0.2) is 9.78 Å². The Morgan fingerprint density at radius 3 is 2.70 bits per heavy atom. The van der Waals surface area contributed by atoms with E-state index in [0.29, 0.717) is 6.54 Å². The molecule has 2 rings (SSSR count). The van der Waals surface area contributed by atoms with Crippen LogP contribution in [0.15, 0.2) is 24.4 Å². The Hall–Kier alpha value is -1.75. The SMILES string of the molecule is CCc1nn(C)cc1CNC(C)c1ccc(F)c(F)c1. The van der Waals surface area contributed by atoms with E-state index in [1.807, 2.05) is 20.2 Å². The average molecular weight is 279 g/mol. The molecule has 0 amide bonds. The molecule has 1 atom stereocenters. The minimum Gasteiger partial charge on any atom is -0.306 e. The van der Waals surface area contributed by atoms with Crippen LogP contribution in [0.5, 0.6) is 0 Å². The summed E-state index contributed by atoms with van der Waals surface area (Å²) in [6.07, 6.45) is 2.85. The normalized spacial score (nSPS) is 12.7. The van der Waals surface area contributed by atoms with E-state index in [1.165, 1.54) is 6.07 Å². The van der Waals surface area contributed by atoms with Crippen molar-refractivity contribution in [3.63, 3.8) is 0 Å². The van der Waals surface area contributed by atoms with E-state index in [9.17, 15) is 8.78 Å². The van der Waals surface area contributed by atoms with Gasteiger partial charge in [-0.25, -0.2) is 8.78 Å². The van der Waals surface area contributed by atoms with Crippen LogP contribution in [-0.2, 0) is 20.0 Å². The predicted octanol–water partition coefficient (Wildman–Crippen LogP) is 3.11. The van der Waals surface area contributed by atoms with E-state index in [4.69, 9.17) is 0 Å². The molecule has 0 aliphatic heterocycles. The molecule has 2 aromatic rings. The van der Waals surface area contributed by atoms with Crippen molar-refractivity contribution < 1.29 is 8.78 Å². The molecule has 1 N–H and O–H groups in total. The molecule has 3 nitrogen and oxygen atoms in total. The largest absolute Gasteiger partial charge is 0.306 e. The number of benzene rings is 1. The Balaban J connectivity index is 2.04. The van der Waals surface area contributed by atoms with Crippen LogP contribution in [0.2, 0.25) is 0 Å². The maximum absolute atomic E-state index is 13.2. The fraction of sp³-hybridized carbons (Fsp3) is 0.400. The van der Waals surface area contributed by atoms with Crippen molar-refractivity contribution in [2.24, 2.45) is 7.05 Å². The summed E-state index contributed by atoms with van der Waals surface area (Å²) in [5.41, 5.74) is 2.91. The van der Waals surface area contributed by atoms with E-state index in [0.717, 1.165) is 29.3 Å². The lowest BCUT2D eigenvalue weighted by atomic mass is 10.1. The fourth-order valence-electron chi connectivity index (χ4n) is 2.19. The summed E-state index contributed by atoms with van der Waals surface area (Å²) in [4.78, 5) is 0. The van der Waals surface area contributed by atoms with Gasteiger partial charge in [0, 0.05) is 31.4 Å². The van der Waals surface area contributed by atoms with Gasteiger partial charge in [0.2, 0.25) is 0 Å². The van der Waals surface area contributed by atoms with Crippen molar-refractivity contribution >= 4 is 0 Å². The molecular weight excluding hydrogens is 260 g/mol. The summed E-state index contributed by atoms with van der Waals surface area (Å²) >= 11 is 0. The Morgan fingerprint density at radius 1 is 1.30 bits per heavy atom. The molecular formula is C15H19F2N3. The highest BCUT2D eigenvalue weighted by Gasteiger charge is 2.11. The summed E-state index contributed by atoms with van der Waals surface area (Å²) in [6.45, 7) is 4.64. The van der Waals surface area contributed by atoms with Gasteiger partial charge in [0.05, 0.1) is 5.69 Å². The Bertz CT molecular complexity index is 593. The van der Waals surface area contributed by atoms with Gasteiger partial charge in [0.25, 0.3) is 0 Å². The zero-order chi connectivity index (χ0) is 14.7. The second-order valence-electron chi connectivity index (χ2n) is 4.90. The summed E-state index contributed by atoms with van der Waals surface area (Å²) < 4.78 is 27.9. The molecule has 5 heteroatoms. The molecule has 20 heavy (non-hydrogen) atoms. The number of rotatable bonds is 5. The second-order valence-corrected chi connectivity index (χ2v) is 4.90. The van der Waals surface area contributed by atoms with Gasteiger partial charge in [-0.15, -0.1) is 0 Å². The fourth-order valence-corrected chi connectivity index (χ4v) is 2.19. The minimum absolute atomic E-state index is 0.0602. The first-order valence-corrected chi connectivity index (χ1v) is 6.71. The van der Waals surface area contributed by atoms with Crippen LogP contribution >= 0.6 is 0 Å². The van der Waals surface area contributed by atoms with Crippen molar-refractivity contribution in [3.05, 3.63) is 52.9 Å². The third-order valence-electron chi connectivity index (χ3n) is 3.37. The van der Waals surface area contributed by atoms with Gasteiger partial charge >= 0.3 is 0 Å². The van der Waals surface area contributed by atoms with Crippen LogP contribution in [0, 0.1) is 11.6 Å². The zero-order valence-corrected chi connectivity index (χ0v) is 12.0. The van der Waals surface area contributed by atoms with Gasteiger partial charge in [-0.2, -0.15) is 5.10 Å². The standard InChI is InChI=1S/C15H19F2N3/c1-4-15-12(9-20(3)19-15)8-18-10(2)11-5-6-13(16)14(17)7-11/h5-7,9-10,18H,4,8H2,1-3H3. The topological polar surface area (TPSA) is 29.9 Å². The molecule has 0 fully saturated rings. The second kappa shape index (κ2) is 6.13. The van der Waals surface area contributed by atoms with Gasteiger partial charge in [0.15, 0.2) is 11.6 Å². The van der Waals surface area contributed by atoms with Crippen LogP contribution in [0.25, 0.3) is 0 Å². The van der Waals surface area contributed by atoms with Gasteiger partial charge in [0.1, 0.15) is 0 Å².